The third kappa shape index (κ3) is 2.56. The van der Waals surface area contributed by atoms with Crippen LogP contribution in [0.4, 0.5) is 5.82 Å². The first-order chi connectivity index (χ1) is 9.15. The fourth-order valence-corrected chi connectivity index (χ4v) is 2.81. The number of nitrogens with zero attached hydrogens (tertiary/aromatic N) is 2. The second-order valence-electron chi connectivity index (χ2n) is 5.51. The van der Waals surface area contributed by atoms with Crippen LogP contribution in [0.2, 0.25) is 0 Å². The molecule has 1 saturated heterocycles. The predicted octanol–water partition coefficient (Wildman–Crippen LogP) is 1.74. The van der Waals surface area contributed by atoms with Crippen LogP contribution in [0.25, 0.3) is 0 Å². The zero-order chi connectivity index (χ0) is 13.4. The monoisotopic (exact) mass is 261 g/mol. The van der Waals surface area contributed by atoms with Gasteiger partial charge in [-0.25, -0.2) is 9.78 Å². The minimum absolute atomic E-state index is 0.298. The first-order valence-corrected chi connectivity index (χ1v) is 6.84. The number of pyridine rings is 1. The van der Waals surface area contributed by atoms with Crippen LogP contribution in [0.3, 0.4) is 0 Å². The topological polar surface area (TPSA) is 65.5 Å². The number of likely N-dealkylation sites (tertiary alicyclic amines) is 1. The first kappa shape index (κ1) is 12.4. The van der Waals surface area contributed by atoms with E-state index in [9.17, 15) is 9.90 Å². The van der Waals surface area contributed by atoms with Crippen molar-refractivity contribution in [2.75, 3.05) is 18.4 Å². The molecule has 1 saturated carbocycles. The van der Waals surface area contributed by atoms with Gasteiger partial charge in [0.25, 0.3) is 0 Å². The maximum atomic E-state index is 11.3. The smallest absolute Gasteiger partial charge is 0.339 e. The van der Waals surface area contributed by atoms with Crippen LogP contribution in [-0.2, 0) is 0 Å². The highest BCUT2D eigenvalue weighted by Gasteiger charge is 2.34. The van der Waals surface area contributed by atoms with Gasteiger partial charge in [-0.2, -0.15) is 0 Å². The molecule has 5 nitrogen and oxygen atoms in total. The lowest BCUT2D eigenvalue weighted by atomic mass is 10.1. The van der Waals surface area contributed by atoms with Crippen LogP contribution in [0, 0.1) is 6.92 Å². The van der Waals surface area contributed by atoms with E-state index in [1.54, 1.807) is 12.3 Å². The average Bonchev–Trinajstić information content (AvgIpc) is 3.10. The molecule has 5 heteroatoms. The van der Waals surface area contributed by atoms with E-state index in [0.29, 0.717) is 17.4 Å². The summed E-state index contributed by atoms with van der Waals surface area (Å²) in [4.78, 5) is 18.0. The van der Waals surface area contributed by atoms with Crippen molar-refractivity contribution in [1.29, 1.82) is 0 Å². The molecule has 19 heavy (non-hydrogen) atoms. The number of aromatic carboxylic acids is 1. The molecule has 2 fully saturated rings. The quantitative estimate of drug-likeness (QED) is 0.864. The Labute approximate surface area is 112 Å². The number of rotatable bonds is 4. The van der Waals surface area contributed by atoms with Crippen molar-refractivity contribution in [3.8, 4) is 0 Å². The van der Waals surface area contributed by atoms with E-state index in [2.05, 4.69) is 15.2 Å². The number of anilines is 1. The van der Waals surface area contributed by atoms with E-state index in [1.807, 2.05) is 6.92 Å². The number of carboxylic acid groups (broad SMARTS) is 1. The molecule has 1 aliphatic carbocycles. The van der Waals surface area contributed by atoms with Crippen molar-refractivity contribution < 1.29 is 9.90 Å². The molecule has 2 aliphatic rings. The Hall–Kier alpha value is -1.62. The van der Waals surface area contributed by atoms with Crippen molar-refractivity contribution >= 4 is 11.8 Å². The van der Waals surface area contributed by atoms with Gasteiger partial charge in [-0.3, -0.25) is 4.90 Å². The van der Waals surface area contributed by atoms with E-state index < -0.39 is 5.97 Å². The molecule has 102 valence electrons. The summed E-state index contributed by atoms with van der Waals surface area (Å²) in [5.41, 5.74) is 1.05. The van der Waals surface area contributed by atoms with Crippen LogP contribution < -0.4 is 5.32 Å². The lowest BCUT2D eigenvalue weighted by Gasteiger charge is -2.17. The van der Waals surface area contributed by atoms with Crippen LogP contribution in [0.1, 0.15) is 35.2 Å². The summed E-state index contributed by atoms with van der Waals surface area (Å²) in [7, 11) is 0. The summed E-state index contributed by atoms with van der Waals surface area (Å²) in [6, 6.07) is 2.82. The van der Waals surface area contributed by atoms with Gasteiger partial charge in [-0.05, 0) is 37.8 Å². The molecule has 0 aromatic carbocycles. The number of aromatic nitrogens is 1. The van der Waals surface area contributed by atoms with E-state index in [0.717, 1.165) is 31.1 Å². The maximum absolute atomic E-state index is 11.3. The first-order valence-electron chi connectivity index (χ1n) is 6.84. The highest BCUT2D eigenvalue weighted by molar-refractivity contribution is 5.94. The second kappa shape index (κ2) is 4.81. The Morgan fingerprint density at radius 3 is 2.95 bits per heavy atom. The molecule has 1 atom stereocenters. The fourth-order valence-electron chi connectivity index (χ4n) is 2.81. The molecule has 1 unspecified atom stereocenters. The highest BCUT2D eigenvalue weighted by Crippen LogP contribution is 2.30. The standard InChI is InChI=1S/C14H19N3O2/c1-9-4-6-15-13(12(9)14(18)19)16-10-5-7-17(8-10)11-2-3-11/h4,6,10-11H,2-3,5,7-8H2,1H3,(H,15,16)(H,18,19). The van der Waals surface area contributed by atoms with Gasteiger partial charge in [0, 0.05) is 31.4 Å². The zero-order valence-corrected chi connectivity index (χ0v) is 11.1. The molecule has 0 amide bonds. The molecule has 1 aromatic rings. The minimum Gasteiger partial charge on any atom is -0.478 e. The van der Waals surface area contributed by atoms with E-state index in [-0.39, 0.29) is 0 Å². The molecule has 0 bridgehead atoms. The maximum Gasteiger partial charge on any atom is 0.339 e. The largest absolute Gasteiger partial charge is 0.478 e. The normalized spacial score (nSPS) is 23.5. The third-order valence-corrected chi connectivity index (χ3v) is 4.00. The molecule has 0 radical (unpaired) electrons. The summed E-state index contributed by atoms with van der Waals surface area (Å²) >= 11 is 0. The van der Waals surface area contributed by atoms with Crippen molar-refractivity contribution in [3.63, 3.8) is 0 Å². The Morgan fingerprint density at radius 1 is 1.47 bits per heavy atom. The van der Waals surface area contributed by atoms with E-state index >= 15 is 0 Å². The SMILES string of the molecule is Cc1ccnc(NC2CCN(C3CC3)C2)c1C(=O)O. The third-order valence-electron chi connectivity index (χ3n) is 4.00. The molecule has 2 heterocycles. The van der Waals surface area contributed by atoms with Crippen molar-refractivity contribution in [3.05, 3.63) is 23.4 Å². The number of hydrogen-bond acceptors (Lipinski definition) is 4. The van der Waals surface area contributed by atoms with Crippen LogP contribution in [-0.4, -0.2) is 46.1 Å². The number of carboxylic acids is 1. The second-order valence-corrected chi connectivity index (χ2v) is 5.51. The molecule has 2 N–H and O–H groups in total. The minimum atomic E-state index is -0.912. The van der Waals surface area contributed by atoms with E-state index in [1.165, 1.54) is 12.8 Å². The predicted molar refractivity (Wildman–Crippen MR) is 72.6 cm³/mol. The molecule has 0 spiro atoms. The number of hydrogen-bond donors (Lipinski definition) is 2. The van der Waals surface area contributed by atoms with Gasteiger partial charge in [0.05, 0.1) is 0 Å². The lowest BCUT2D eigenvalue weighted by molar-refractivity contribution is 0.0696. The van der Waals surface area contributed by atoms with E-state index in [4.69, 9.17) is 0 Å². The molecular formula is C14H19N3O2. The fraction of sp³-hybridized carbons (Fsp3) is 0.571. The summed E-state index contributed by atoms with van der Waals surface area (Å²) < 4.78 is 0. The average molecular weight is 261 g/mol. The van der Waals surface area contributed by atoms with Gasteiger partial charge in [-0.1, -0.05) is 0 Å². The summed E-state index contributed by atoms with van der Waals surface area (Å²) in [5.74, 6) is -0.403. The van der Waals surface area contributed by atoms with Crippen molar-refractivity contribution in [2.45, 2.75) is 38.3 Å². The van der Waals surface area contributed by atoms with Gasteiger partial charge in [0.1, 0.15) is 11.4 Å². The lowest BCUT2D eigenvalue weighted by Crippen LogP contribution is -2.28. The molecular weight excluding hydrogens is 242 g/mol. The summed E-state index contributed by atoms with van der Waals surface area (Å²) in [5, 5.41) is 12.6. The van der Waals surface area contributed by atoms with Crippen LogP contribution in [0.15, 0.2) is 12.3 Å². The molecule has 1 aliphatic heterocycles. The molecule has 3 rings (SSSR count). The number of carbonyl (C=O) groups is 1. The molecule has 1 aromatic heterocycles. The number of nitrogens with one attached hydrogen (secondary N) is 1. The van der Waals surface area contributed by atoms with Crippen LogP contribution in [0.5, 0.6) is 0 Å². The Bertz CT molecular complexity index is 499. The van der Waals surface area contributed by atoms with Gasteiger partial charge in [0.2, 0.25) is 0 Å². The summed E-state index contributed by atoms with van der Waals surface area (Å²) in [6.07, 6.45) is 5.36. The van der Waals surface area contributed by atoms with Gasteiger partial charge in [0.15, 0.2) is 0 Å². The Morgan fingerprint density at radius 2 is 2.26 bits per heavy atom. The van der Waals surface area contributed by atoms with Crippen molar-refractivity contribution in [1.82, 2.24) is 9.88 Å². The van der Waals surface area contributed by atoms with Gasteiger partial charge in [-0.15, -0.1) is 0 Å². The highest BCUT2D eigenvalue weighted by atomic mass is 16.4. The van der Waals surface area contributed by atoms with Crippen LogP contribution >= 0.6 is 0 Å². The zero-order valence-electron chi connectivity index (χ0n) is 11.1. The van der Waals surface area contributed by atoms with Gasteiger partial charge >= 0.3 is 5.97 Å². The Kier molecular flexibility index (Phi) is 3.14. The Balaban J connectivity index is 1.73. The van der Waals surface area contributed by atoms with Gasteiger partial charge < -0.3 is 10.4 Å². The van der Waals surface area contributed by atoms with Crippen molar-refractivity contribution in [2.24, 2.45) is 0 Å². The number of aryl methyl sites for hydroxylation is 1. The summed E-state index contributed by atoms with van der Waals surface area (Å²) in [6.45, 7) is 3.91.